The standard InChI is InChI=1S/C38H59Br2NO4/c1-3-5-7-9-11-13-15-17-19-24-28-44-37(42)32-30-41-35(36(39)40)34(33(32)31-26-22-21-23-27-31)38(43)45-29-25-20-18-16-14-12-10-8-6-4-2/h21-23,26-27,30,32-33,36H,3-20,24-25,28-29H2,1-2H3. The Kier molecular flexibility index (Phi) is 22.6. The summed E-state index contributed by atoms with van der Waals surface area (Å²) in [7, 11) is 0. The van der Waals surface area contributed by atoms with Gasteiger partial charge in [0.05, 0.1) is 24.5 Å². The van der Waals surface area contributed by atoms with E-state index in [-0.39, 0.29) is 9.71 Å². The first-order valence-electron chi connectivity index (χ1n) is 18.0. The van der Waals surface area contributed by atoms with Gasteiger partial charge in [0.25, 0.3) is 0 Å². The molecular weight excluding hydrogens is 694 g/mol. The molecule has 0 fully saturated rings. The van der Waals surface area contributed by atoms with Crippen molar-refractivity contribution in [2.24, 2.45) is 10.9 Å². The average Bonchev–Trinajstić information content (AvgIpc) is 3.05. The van der Waals surface area contributed by atoms with Gasteiger partial charge in [0.15, 0.2) is 0 Å². The monoisotopic (exact) mass is 751 g/mol. The zero-order chi connectivity index (χ0) is 32.5. The molecule has 0 spiro atoms. The molecule has 2 unspecified atom stereocenters. The number of rotatable bonds is 26. The molecule has 1 aliphatic rings. The van der Waals surface area contributed by atoms with E-state index in [1.54, 1.807) is 6.21 Å². The maximum Gasteiger partial charge on any atom is 0.336 e. The number of unbranched alkanes of at least 4 members (excludes halogenated alkanes) is 18. The van der Waals surface area contributed by atoms with Gasteiger partial charge in [-0.25, -0.2) is 4.79 Å². The summed E-state index contributed by atoms with van der Waals surface area (Å²) in [6, 6.07) is 9.71. The van der Waals surface area contributed by atoms with Gasteiger partial charge in [-0.15, -0.1) is 0 Å². The van der Waals surface area contributed by atoms with Gasteiger partial charge in [0.2, 0.25) is 0 Å². The maximum atomic E-state index is 13.6. The minimum atomic E-state index is -0.696. The van der Waals surface area contributed by atoms with Crippen LogP contribution in [0.1, 0.15) is 154 Å². The molecule has 1 aromatic carbocycles. The van der Waals surface area contributed by atoms with Crippen LogP contribution in [0.5, 0.6) is 0 Å². The first-order chi connectivity index (χ1) is 22.0. The second-order valence-corrected chi connectivity index (χ2v) is 15.5. The van der Waals surface area contributed by atoms with E-state index < -0.39 is 17.8 Å². The number of aliphatic imine (C=N–C) groups is 1. The molecular formula is C38H59Br2NO4. The quantitative estimate of drug-likeness (QED) is 0.0537. The van der Waals surface area contributed by atoms with Crippen LogP contribution in [0.2, 0.25) is 0 Å². The van der Waals surface area contributed by atoms with E-state index in [0.717, 1.165) is 37.7 Å². The zero-order valence-electron chi connectivity index (χ0n) is 28.1. The van der Waals surface area contributed by atoms with Crippen LogP contribution in [0.4, 0.5) is 0 Å². The van der Waals surface area contributed by atoms with Crippen LogP contribution in [-0.2, 0) is 19.1 Å². The lowest BCUT2D eigenvalue weighted by Gasteiger charge is -2.30. The van der Waals surface area contributed by atoms with Gasteiger partial charge in [0.1, 0.15) is 9.65 Å². The molecule has 45 heavy (non-hydrogen) atoms. The summed E-state index contributed by atoms with van der Waals surface area (Å²) >= 11 is 7.10. The number of alkyl halides is 2. The molecule has 1 aliphatic heterocycles. The van der Waals surface area contributed by atoms with Crippen molar-refractivity contribution in [2.75, 3.05) is 13.2 Å². The second-order valence-electron chi connectivity index (χ2n) is 12.5. The lowest BCUT2D eigenvalue weighted by molar-refractivity contribution is -0.146. The number of hydrogen-bond donors (Lipinski definition) is 0. The van der Waals surface area contributed by atoms with Crippen molar-refractivity contribution in [3.8, 4) is 0 Å². The van der Waals surface area contributed by atoms with Gasteiger partial charge in [-0.2, -0.15) is 0 Å². The van der Waals surface area contributed by atoms with E-state index >= 15 is 0 Å². The maximum absolute atomic E-state index is 13.6. The number of halogens is 2. The lowest BCUT2D eigenvalue weighted by atomic mass is 9.78. The Morgan fingerprint density at radius 3 is 1.58 bits per heavy atom. The summed E-state index contributed by atoms with van der Waals surface area (Å²) in [5.41, 5.74) is 1.82. The molecule has 0 saturated carbocycles. The predicted octanol–water partition coefficient (Wildman–Crippen LogP) is 11.8. The van der Waals surface area contributed by atoms with Crippen molar-refractivity contribution in [1.82, 2.24) is 0 Å². The average molecular weight is 754 g/mol. The van der Waals surface area contributed by atoms with Crippen LogP contribution in [0, 0.1) is 5.92 Å². The van der Waals surface area contributed by atoms with Gasteiger partial charge in [-0.05, 0) is 18.4 Å². The van der Waals surface area contributed by atoms with E-state index in [1.807, 2.05) is 30.3 Å². The summed E-state index contributed by atoms with van der Waals surface area (Å²) in [5.74, 6) is -1.99. The molecule has 0 aromatic heterocycles. The Morgan fingerprint density at radius 2 is 1.11 bits per heavy atom. The highest BCUT2D eigenvalue weighted by Gasteiger charge is 2.41. The molecule has 254 valence electrons. The highest BCUT2D eigenvalue weighted by Crippen LogP contribution is 2.41. The van der Waals surface area contributed by atoms with Crippen molar-refractivity contribution in [1.29, 1.82) is 0 Å². The Bertz CT molecular complexity index is 995. The number of carbonyl (C=O) groups excluding carboxylic acids is 2. The van der Waals surface area contributed by atoms with Crippen LogP contribution >= 0.6 is 31.9 Å². The fourth-order valence-electron chi connectivity index (χ4n) is 5.98. The Morgan fingerprint density at radius 1 is 0.667 bits per heavy atom. The summed E-state index contributed by atoms with van der Waals surface area (Å²) in [6.07, 6.45) is 26.1. The number of benzene rings is 1. The third kappa shape index (κ3) is 16.3. The van der Waals surface area contributed by atoms with Crippen molar-refractivity contribution < 1.29 is 19.1 Å². The van der Waals surface area contributed by atoms with E-state index in [4.69, 9.17) is 9.47 Å². The third-order valence-corrected chi connectivity index (χ3v) is 9.52. The largest absolute Gasteiger partial charge is 0.465 e. The van der Waals surface area contributed by atoms with Crippen LogP contribution in [0.25, 0.3) is 0 Å². The highest BCUT2D eigenvalue weighted by atomic mass is 79.9. The molecule has 1 aromatic rings. The van der Waals surface area contributed by atoms with Crippen molar-refractivity contribution >= 4 is 50.0 Å². The summed E-state index contributed by atoms with van der Waals surface area (Å²) in [5, 5.41) is 0. The fourth-order valence-corrected chi connectivity index (χ4v) is 6.71. The summed E-state index contributed by atoms with van der Waals surface area (Å²) in [4.78, 5) is 31.6. The van der Waals surface area contributed by atoms with Crippen molar-refractivity contribution in [2.45, 2.75) is 152 Å². The zero-order valence-corrected chi connectivity index (χ0v) is 31.3. The highest BCUT2D eigenvalue weighted by molar-refractivity contribution is 9.24. The van der Waals surface area contributed by atoms with E-state index in [0.29, 0.717) is 24.5 Å². The van der Waals surface area contributed by atoms with Crippen molar-refractivity contribution in [3.05, 3.63) is 47.2 Å². The van der Waals surface area contributed by atoms with E-state index in [2.05, 4.69) is 50.7 Å². The summed E-state index contributed by atoms with van der Waals surface area (Å²) < 4.78 is 11.2. The number of hydrogen-bond acceptors (Lipinski definition) is 5. The Hall–Kier alpha value is -1.47. The van der Waals surface area contributed by atoms with Crippen LogP contribution in [-0.4, -0.2) is 35.1 Å². The Labute approximate surface area is 291 Å². The van der Waals surface area contributed by atoms with Crippen molar-refractivity contribution in [3.63, 3.8) is 0 Å². The molecule has 7 heteroatoms. The first-order valence-corrected chi connectivity index (χ1v) is 19.8. The van der Waals surface area contributed by atoms with Crippen LogP contribution in [0.15, 0.2) is 46.6 Å². The van der Waals surface area contributed by atoms with Gasteiger partial charge in [-0.1, -0.05) is 192 Å². The SMILES string of the molecule is CCCCCCCCCCCCOC(=O)C1=C(C(Br)Br)N=CC(C(=O)OCCCCCCCCCCCC)C1c1ccccc1. The minimum absolute atomic E-state index is 0.344. The molecule has 1 heterocycles. The van der Waals surface area contributed by atoms with Gasteiger partial charge >= 0.3 is 11.9 Å². The molecule has 0 radical (unpaired) electrons. The predicted molar refractivity (Wildman–Crippen MR) is 195 cm³/mol. The molecule has 0 aliphatic carbocycles. The smallest absolute Gasteiger partial charge is 0.336 e. The summed E-state index contributed by atoms with van der Waals surface area (Å²) in [6.45, 7) is 5.24. The molecule has 2 rings (SSSR count). The number of nitrogens with zero attached hydrogens (tertiary/aromatic N) is 1. The lowest BCUT2D eigenvalue weighted by Crippen LogP contribution is -2.34. The Balaban J connectivity index is 1.90. The topological polar surface area (TPSA) is 65.0 Å². The first kappa shape index (κ1) is 39.7. The molecule has 0 N–H and O–H groups in total. The van der Waals surface area contributed by atoms with E-state index in [1.165, 1.54) is 96.3 Å². The minimum Gasteiger partial charge on any atom is -0.465 e. The fraction of sp³-hybridized carbons (Fsp3) is 0.711. The van der Waals surface area contributed by atoms with Crippen LogP contribution < -0.4 is 0 Å². The molecule has 0 saturated heterocycles. The second kappa shape index (κ2) is 25.6. The van der Waals surface area contributed by atoms with Gasteiger partial charge in [-0.3, -0.25) is 9.79 Å². The van der Waals surface area contributed by atoms with Gasteiger partial charge in [0, 0.05) is 12.1 Å². The van der Waals surface area contributed by atoms with Crippen LogP contribution in [0.3, 0.4) is 0 Å². The normalized spacial score (nSPS) is 16.4. The molecule has 5 nitrogen and oxygen atoms in total. The van der Waals surface area contributed by atoms with Gasteiger partial charge < -0.3 is 9.47 Å². The number of ether oxygens (including phenoxy) is 2. The molecule has 2 atom stereocenters. The third-order valence-electron chi connectivity index (χ3n) is 8.65. The molecule has 0 amide bonds. The number of esters is 2. The number of allylic oxidation sites excluding steroid dienone is 1. The molecule has 0 bridgehead atoms. The van der Waals surface area contributed by atoms with E-state index in [9.17, 15) is 9.59 Å². The number of carbonyl (C=O) groups is 2.